The van der Waals surface area contributed by atoms with Crippen LogP contribution < -0.4 is 0 Å². The van der Waals surface area contributed by atoms with Gasteiger partial charge in [0.25, 0.3) is 0 Å². The molecule has 0 bridgehead atoms. The number of para-hydroxylation sites is 3. The number of nitrogens with zero attached hydrogens (tertiary/aromatic N) is 12. The van der Waals surface area contributed by atoms with Gasteiger partial charge in [0, 0.05) is 130 Å². The van der Waals surface area contributed by atoms with Gasteiger partial charge in [-0.25, -0.2) is 59.4 Å². The van der Waals surface area contributed by atoms with E-state index in [4.69, 9.17) is 64.6 Å². The van der Waals surface area contributed by atoms with Gasteiger partial charge in [0.1, 0.15) is 0 Å². The Bertz CT molecular complexity index is 9040. The highest BCUT2D eigenvalue weighted by Gasteiger charge is 2.27. The molecule has 0 aliphatic carbocycles. The van der Waals surface area contributed by atoms with Crippen LogP contribution in [0.5, 0.6) is 0 Å². The van der Waals surface area contributed by atoms with Gasteiger partial charge >= 0.3 is 0 Å². The van der Waals surface area contributed by atoms with E-state index in [0.29, 0.717) is 32.5 Å². The van der Waals surface area contributed by atoms with Crippen molar-refractivity contribution in [2.75, 3.05) is 0 Å². The maximum atomic E-state index is 8.21. The van der Waals surface area contributed by atoms with E-state index >= 15 is 0 Å². The van der Waals surface area contributed by atoms with Gasteiger partial charge in [-0.3, -0.25) is 0 Å². The number of thiophene rings is 3. The molecule has 0 saturated heterocycles. The van der Waals surface area contributed by atoms with Crippen LogP contribution in [0.15, 0.2) is 461 Å². The second-order valence-corrected chi connectivity index (χ2v) is 36.7. The molecule has 0 N–H and O–H groups in total. The summed E-state index contributed by atoms with van der Waals surface area (Å²) in [6.07, 6.45) is 0. The molecule has 25 rings (SSSR count). The molecule has 0 aliphatic heterocycles. The standard InChI is InChI=1S/C46H28N4S.2C40H24N4S/c1-47-46-41(42-37-22-11-12-23-38(37)48-43(44(42)51-46)33-16-7-3-8-17-33)32-26-24-31(25-27-32)39-29-40(50-45(49-39)34-18-9-4-10-19-34)36-21-13-20-35(28-36)30-14-5-2-6-15-30;1-41-40-35(36-31-22-11-12-23-32(31)42-37(38(36)45-40)27-16-7-3-8-17-27)30-21-13-20-29(24-30)34-25-33(26-14-5-2-6-15-26)43-39(44-34)28-18-9-4-10-19-28;1-41-40-35(36-31-19-11-12-20-32(31)42-37(38(36)45-40)29-15-7-3-8-16-29)28-23-21-27(22-24-28)34-25-33(26-13-5-2-6-14-26)43-39(44-34)30-17-9-4-10-18-30/h2-29H;2*2-25H. The predicted molar refractivity (Wildman–Crippen MR) is 584 cm³/mol. The summed E-state index contributed by atoms with van der Waals surface area (Å²) in [4.78, 5) is 57.4. The molecule has 9 aromatic heterocycles. The maximum Gasteiger partial charge on any atom is 0.250 e. The van der Waals surface area contributed by atoms with E-state index in [2.05, 4.69) is 233 Å². The number of hydrogen-bond donors (Lipinski definition) is 0. The molecule has 15 heteroatoms. The Morgan fingerprint density at radius 2 is 0.376 bits per heavy atom. The third kappa shape index (κ3) is 17.3. The van der Waals surface area contributed by atoms with Gasteiger partial charge in [0.15, 0.2) is 17.5 Å². The van der Waals surface area contributed by atoms with E-state index in [9.17, 15) is 0 Å². The van der Waals surface area contributed by atoms with E-state index in [-0.39, 0.29) is 0 Å². The second kappa shape index (κ2) is 38.6. The summed E-state index contributed by atoms with van der Waals surface area (Å²) in [5.74, 6) is 2.02. The number of pyridine rings is 3. The van der Waals surface area contributed by atoms with Gasteiger partial charge in [-0.05, 0) is 76.3 Å². The predicted octanol–water partition coefficient (Wildman–Crippen LogP) is 35.0. The van der Waals surface area contributed by atoms with Crippen molar-refractivity contribution in [2.45, 2.75) is 0 Å². The van der Waals surface area contributed by atoms with Crippen LogP contribution in [0, 0.1) is 19.7 Å². The molecule has 0 spiro atoms. The first kappa shape index (κ1) is 86.5. The normalized spacial score (nSPS) is 11.1. The highest BCUT2D eigenvalue weighted by Crippen LogP contribution is 2.55. The van der Waals surface area contributed by atoms with Crippen molar-refractivity contribution >= 4 is 112 Å². The molecule has 0 fully saturated rings. The lowest BCUT2D eigenvalue weighted by molar-refractivity contribution is 1.18. The molecule has 141 heavy (non-hydrogen) atoms. The average molecular weight is 1850 g/mol. The van der Waals surface area contributed by atoms with Crippen molar-refractivity contribution in [1.29, 1.82) is 0 Å². The lowest BCUT2D eigenvalue weighted by Crippen LogP contribution is -1.96. The summed E-state index contributed by atoms with van der Waals surface area (Å²) < 4.78 is 3.07. The van der Waals surface area contributed by atoms with Crippen LogP contribution in [-0.2, 0) is 0 Å². The van der Waals surface area contributed by atoms with Gasteiger partial charge in [0.05, 0.1) is 87.5 Å². The SMILES string of the molecule is [C-]#[N+]c1sc2c(-c3ccccc3)nc3ccccc3c2c1-c1ccc(-c2cc(-c3cccc(-c4ccccc4)c3)nc(-c3ccccc3)n2)cc1.[C-]#[N+]c1sc2c(-c3ccccc3)nc3ccccc3c2c1-c1ccc(-c2cc(-c3ccccc3)nc(-c3ccccc3)n2)cc1.[C-]#[N+]c1sc2c(-c3ccccc3)nc3ccccc3c2c1-c1cccc(-c2cc(-c3ccccc3)nc(-c3ccccc3)n2)c1. The Hall–Kier alpha value is -18.7. The van der Waals surface area contributed by atoms with Gasteiger partial charge in [-0.15, -0.1) is 0 Å². The average Bonchev–Trinajstić information content (AvgIpc) is 1.60. The monoisotopic (exact) mass is 1850 g/mol. The molecular formula is C126H76N12S3. The molecule has 16 aromatic carbocycles. The molecular weight excluding hydrogens is 1780 g/mol. The van der Waals surface area contributed by atoms with Crippen molar-refractivity contribution < 1.29 is 0 Å². The Balaban J connectivity index is 0.000000118. The first-order chi connectivity index (χ1) is 69.8. The minimum absolute atomic E-state index is 0.648. The molecule has 9 heterocycles. The molecule has 0 unspecified atom stereocenters. The molecule has 0 amide bonds. The van der Waals surface area contributed by atoms with E-state index in [0.717, 1.165) is 225 Å². The number of benzene rings is 16. The van der Waals surface area contributed by atoms with Crippen LogP contribution in [0.4, 0.5) is 15.0 Å². The van der Waals surface area contributed by atoms with Crippen molar-refractivity contribution in [1.82, 2.24) is 44.9 Å². The smallest absolute Gasteiger partial charge is 0.246 e. The zero-order valence-electron chi connectivity index (χ0n) is 75.5. The van der Waals surface area contributed by atoms with E-state index in [1.54, 1.807) is 0 Å². The Labute approximate surface area is 825 Å². The van der Waals surface area contributed by atoms with Gasteiger partial charge in [-0.1, -0.05) is 413 Å². The van der Waals surface area contributed by atoms with Crippen molar-refractivity contribution in [3.05, 3.63) is 495 Å². The molecule has 0 aliphatic rings. The van der Waals surface area contributed by atoms with Crippen LogP contribution in [0.3, 0.4) is 0 Å². The zero-order valence-corrected chi connectivity index (χ0v) is 77.9. The van der Waals surface area contributed by atoms with Gasteiger partial charge in [0.2, 0.25) is 15.0 Å². The van der Waals surface area contributed by atoms with Crippen molar-refractivity contribution in [2.24, 2.45) is 0 Å². The van der Waals surface area contributed by atoms with Crippen LogP contribution in [0.25, 0.3) is 257 Å². The third-order valence-corrected chi connectivity index (χ3v) is 28.3. The highest BCUT2D eigenvalue weighted by molar-refractivity contribution is 7.25. The fourth-order valence-corrected chi connectivity index (χ4v) is 21.7. The number of fused-ring (bicyclic) bond motifs is 9. The van der Waals surface area contributed by atoms with E-state index in [1.165, 1.54) is 34.0 Å². The summed E-state index contributed by atoms with van der Waals surface area (Å²) in [6.45, 7) is 24.5. The lowest BCUT2D eigenvalue weighted by Gasteiger charge is -2.12. The topological polar surface area (TPSA) is 129 Å². The Morgan fingerprint density at radius 3 is 0.674 bits per heavy atom. The first-order valence-electron chi connectivity index (χ1n) is 46.0. The van der Waals surface area contributed by atoms with E-state index in [1.807, 2.05) is 243 Å². The fraction of sp³-hybridized carbons (Fsp3) is 0. The third-order valence-electron chi connectivity index (χ3n) is 25.0. The Morgan fingerprint density at radius 1 is 0.163 bits per heavy atom. The molecule has 0 atom stereocenters. The summed E-state index contributed by atoms with van der Waals surface area (Å²) in [6, 6.07) is 156. The largest absolute Gasteiger partial charge is 0.250 e. The van der Waals surface area contributed by atoms with Gasteiger partial charge in [-0.2, -0.15) is 34.0 Å². The minimum Gasteiger partial charge on any atom is -0.246 e. The second-order valence-electron chi connectivity index (χ2n) is 33.7. The number of rotatable bonds is 16. The lowest BCUT2D eigenvalue weighted by atomic mass is 9.96. The molecule has 0 radical (unpaired) electrons. The maximum absolute atomic E-state index is 8.21. The summed E-state index contributed by atoms with van der Waals surface area (Å²) >= 11 is 4.55. The summed E-state index contributed by atoms with van der Waals surface area (Å²) in [5, 5.41) is 8.30. The van der Waals surface area contributed by atoms with Crippen LogP contribution in [0.2, 0.25) is 0 Å². The quantitative estimate of drug-likeness (QED) is 0.0868. The molecule has 0 saturated carbocycles. The van der Waals surface area contributed by atoms with Crippen LogP contribution in [-0.4, -0.2) is 44.9 Å². The van der Waals surface area contributed by atoms with E-state index < -0.39 is 0 Å². The summed E-state index contributed by atoms with van der Waals surface area (Å²) in [7, 11) is 0. The Kier molecular flexibility index (Phi) is 23.7. The zero-order chi connectivity index (χ0) is 94.5. The fourth-order valence-electron chi connectivity index (χ4n) is 18.3. The van der Waals surface area contributed by atoms with Crippen molar-refractivity contribution in [3.8, 4) is 180 Å². The van der Waals surface area contributed by atoms with Gasteiger partial charge < -0.3 is 0 Å². The number of aromatic nitrogens is 9. The molecule has 12 nitrogen and oxygen atoms in total. The van der Waals surface area contributed by atoms with Crippen LogP contribution in [0.1, 0.15) is 0 Å². The van der Waals surface area contributed by atoms with Crippen molar-refractivity contribution in [3.63, 3.8) is 0 Å². The number of hydrogen-bond acceptors (Lipinski definition) is 12. The first-order valence-corrected chi connectivity index (χ1v) is 48.5. The van der Waals surface area contributed by atoms with Crippen LogP contribution >= 0.6 is 34.0 Å². The molecule has 658 valence electrons. The minimum atomic E-state index is 0.648. The highest BCUT2D eigenvalue weighted by atomic mass is 32.1. The summed E-state index contributed by atoms with van der Waals surface area (Å²) in [5.41, 5.74) is 30.6. The molecule has 25 aromatic rings.